The topological polar surface area (TPSA) is 77.1 Å². The van der Waals surface area contributed by atoms with Crippen LogP contribution in [-0.2, 0) is 6.61 Å². The molecule has 1 aromatic rings. The standard InChI is InChI=1S/C8H6F2N2O2/c9-8(10)7-6(14)1-4(3-13)5(2-11)12-7/h1,8,13-14H,3H2. The van der Waals surface area contributed by atoms with Crippen molar-refractivity contribution in [2.45, 2.75) is 13.0 Å². The monoisotopic (exact) mass is 200 g/mol. The molecule has 0 spiro atoms. The van der Waals surface area contributed by atoms with E-state index >= 15 is 0 Å². The zero-order valence-electron chi connectivity index (χ0n) is 6.91. The molecule has 0 aliphatic carbocycles. The van der Waals surface area contributed by atoms with Crippen LogP contribution in [0.4, 0.5) is 8.78 Å². The minimum Gasteiger partial charge on any atom is -0.506 e. The summed E-state index contributed by atoms with van der Waals surface area (Å²) in [6.45, 7) is -0.535. The minimum absolute atomic E-state index is 0.0226. The summed E-state index contributed by atoms with van der Waals surface area (Å²) in [4.78, 5) is 3.24. The van der Waals surface area contributed by atoms with Gasteiger partial charge < -0.3 is 10.2 Å². The molecule has 0 saturated heterocycles. The first-order valence-corrected chi connectivity index (χ1v) is 3.62. The van der Waals surface area contributed by atoms with Crippen molar-refractivity contribution < 1.29 is 19.0 Å². The number of aromatic nitrogens is 1. The third-order valence-corrected chi connectivity index (χ3v) is 1.59. The van der Waals surface area contributed by atoms with E-state index in [1.807, 2.05) is 0 Å². The Hall–Kier alpha value is -1.74. The molecule has 1 heterocycles. The van der Waals surface area contributed by atoms with E-state index in [1.165, 1.54) is 0 Å². The summed E-state index contributed by atoms with van der Waals surface area (Å²) < 4.78 is 24.4. The van der Waals surface area contributed by atoms with E-state index in [-0.39, 0.29) is 11.3 Å². The second-order valence-corrected chi connectivity index (χ2v) is 2.47. The van der Waals surface area contributed by atoms with Gasteiger partial charge in [-0.1, -0.05) is 0 Å². The molecule has 0 fully saturated rings. The SMILES string of the molecule is N#Cc1nc(C(F)F)c(O)cc1CO. The molecule has 0 saturated carbocycles. The molecular weight excluding hydrogens is 194 g/mol. The third kappa shape index (κ3) is 1.78. The first kappa shape index (κ1) is 10.3. The summed E-state index contributed by atoms with van der Waals surface area (Å²) in [5.41, 5.74) is -1.13. The Labute approximate surface area is 78.1 Å². The Kier molecular flexibility index (Phi) is 2.94. The van der Waals surface area contributed by atoms with Crippen molar-refractivity contribution in [2.24, 2.45) is 0 Å². The Bertz CT molecular complexity index is 388. The fourth-order valence-corrected chi connectivity index (χ4v) is 0.935. The summed E-state index contributed by atoms with van der Waals surface area (Å²) in [6, 6.07) is 2.46. The molecule has 74 valence electrons. The number of aromatic hydroxyl groups is 1. The first-order chi connectivity index (χ1) is 6.60. The number of hydrogen-bond donors (Lipinski definition) is 2. The fourth-order valence-electron chi connectivity index (χ4n) is 0.935. The van der Waals surface area contributed by atoms with Crippen LogP contribution in [0.1, 0.15) is 23.4 Å². The molecule has 0 atom stereocenters. The van der Waals surface area contributed by atoms with Gasteiger partial charge in [-0.25, -0.2) is 13.8 Å². The van der Waals surface area contributed by atoms with E-state index in [9.17, 15) is 8.78 Å². The lowest BCUT2D eigenvalue weighted by Crippen LogP contribution is -1.99. The fraction of sp³-hybridized carbons (Fsp3) is 0.250. The zero-order valence-corrected chi connectivity index (χ0v) is 6.91. The largest absolute Gasteiger partial charge is 0.506 e. The zero-order chi connectivity index (χ0) is 10.7. The molecule has 0 radical (unpaired) electrons. The van der Waals surface area contributed by atoms with Gasteiger partial charge in [0.1, 0.15) is 23.2 Å². The molecule has 6 heteroatoms. The molecule has 4 nitrogen and oxygen atoms in total. The van der Waals surface area contributed by atoms with Gasteiger partial charge >= 0.3 is 0 Å². The van der Waals surface area contributed by atoms with Crippen LogP contribution < -0.4 is 0 Å². The van der Waals surface area contributed by atoms with Crippen LogP contribution in [0.3, 0.4) is 0 Å². The van der Waals surface area contributed by atoms with Crippen molar-refractivity contribution in [3.05, 3.63) is 23.0 Å². The Balaban J connectivity index is 3.32. The summed E-state index contributed by atoms with van der Waals surface area (Å²) in [5.74, 6) is -0.719. The van der Waals surface area contributed by atoms with E-state index < -0.39 is 24.5 Å². The first-order valence-electron chi connectivity index (χ1n) is 3.62. The maximum atomic E-state index is 12.2. The molecule has 1 aromatic heterocycles. The van der Waals surface area contributed by atoms with Crippen molar-refractivity contribution in [1.82, 2.24) is 4.98 Å². The highest BCUT2D eigenvalue weighted by molar-refractivity contribution is 5.40. The lowest BCUT2D eigenvalue weighted by molar-refractivity contribution is 0.141. The lowest BCUT2D eigenvalue weighted by atomic mass is 10.2. The maximum absolute atomic E-state index is 12.2. The van der Waals surface area contributed by atoms with Crippen LogP contribution in [0, 0.1) is 11.3 Å². The summed E-state index contributed by atoms with van der Waals surface area (Å²) in [5, 5.41) is 26.3. The Morgan fingerprint density at radius 1 is 1.57 bits per heavy atom. The van der Waals surface area contributed by atoms with Gasteiger partial charge in [0, 0.05) is 5.56 Å². The van der Waals surface area contributed by atoms with Crippen LogP contribution >= 0.6 is 0 Å². The molecule has 2 N–H and O–H groups in total. The normalized spacial score (nSPS) is 10.2. The summed E-state index contributed by atoms with van der Waals surface area (Å²) >= 11 is 0. The van der Waals surface area contributed by atoms with Crippen molar-refractivity contribution in [1.29, 1.82) is 5.26 Å². The van der Waals surface area contributed by atoms with E-state index in [0.717, 1.165) is 6.07 Å². The van der Waals surface area contributed by atoms with Crippen molar-refractivity contribution in [3.63, 3.8) is 0 Å². The number of nitriles is 1. The van der Waals surface area contributed by atoms with Gasteiger partial charge in [0.15, 0.2) is 0 Å². The predicted molar refractivity (Wildman–Crippen MR) is 41.5 cm³/mol. The predicted octanol–water partition coefficient (Wildman–Crippen LogP) is 1.09. The van der Waals surface area contributed by atoms with Gasteiger partial charge in [-0.05, 0) is 6.07 Å². The van der Waals surface area contributed by atoms with Crippen molar-refractivity contribution in [2.75, 3.05) is 0 Å². The highest BCUT2D eigenvalue weighted by Gasteiger charge is 2.17. The summed E-state index contributed by atoms with van der Waals surface area (Å²) in [7, 11) is 0. The molecule has 0 amide bonds. The quantitative estimate of drug-likeness (QED) is 0.749. The van der Waals surface area contributed by atoms with Gasteiger partial charge in [0.05, 0.1) is 6.61 Å². The van der Waals surface area contributed by atoms with Gasteiger partial charge in [0.2, 0.25) is 0 Å². The molecule has 0 aliphatic heterocycles. The molecule has 0 unspecified atom stereocenters. The number of alkyl halides is 2. The van der Waals surface area contributed by atoms with E-state index in [2.05, 4.69) is 4.98 Å². The highest BCUT2D eigenvalue weighted by Crippen LogP contribution is 2.27. The average Bonchev–Trinajstić information content (AvgIpc) is 2.16. The van der Waals surface area contributed by atoms with E-state index in [1.54, 1.807) is 6.07 Å². The van der Waals surface area contributed by atoms with Crippen LogP contribution in [0.25, 0.3) is 0 Å². The number of hydrogen-bond acceptors (Lipinski definition) is 4. The molecular formula is C8H6F2N2O2. The number of nitrogens with zero attached hydrogens (tertiary/aromatic N) is 2. The average molecular weight is 200 g/mol. The molecule has 0 aliphatic rings. The lowest BCUT2D eigenvalue weighted by Gasteiger charge is -2.05. The number of rotatable bonds is 2. The van der Waals surface area contributed by atoms with Crippen LogP contribution in [0.15, 0.2) is 6.07 Å². The van der Waals surface area contributed by atoms with Crippen LogP contribution in [-0.4, -0.2) is 15.2 Å². The Morgan fingerprint density at radius 2 is 2.21 bits per heavy atom. The minimum atomic E-state index is -2.95. The van der Waals surface area contributed by atoms with Crippen LogP contribution in [0.5, 0.6) is 5.75 Å². The molecule has 14 heavy (non-hydrogen) atoms. The Morgan fingerprint density at radius 3 is 2.64 bits per heavy atom. The van der Waals surface area contributed by atoms with Gasteiger partial charge in [-0.2, -0.15) is 5.26 Å². The van der Waals surface area contributed by atoms with E-state index in [0.29, 0.717) is 0 Å². The molecule has 0 aromatic carbocycles. The van der Waals surface area contributed by atoms with Gasteiger partial charge in [-0.15, -0.1) is 0 Å². The van der Waals surface area contributed by atoms with Crippen molar-refractivity contribution >= 4 is 0 Å². The summed E-state index contributed by atoms with van der Waals surface area (Å²) in [6.07, 6.45) is -2.95. The second-order valence-electron chi connectivity index (χ2n) is 2.47. The number of halogens is 2. The smallest absolute Gasteiger partial charge is 0.284 e. The highest BCUT2D eigenvalue weighted by atomic mass is 19.3. The van der Waals surface area contributed by atoms with Gasteiger partial charge in [-0.3, -0.25) is 0 Å². The number of aliphatic hydroxyl groups excluding tert-OH is 1. The molecule has 1 rings (SSSR count). The maximum Gasteiger partial charge on any atom is 0.284 e. The van der Waals surface area contributed by atoms with Gasteiger partial charge in [0.25, 0.3) is 6.43 Å². The number of aliphatic hydroxyl groups is 1. The third-order valence-electron chi connectivity index (χ3n) is 1.59. The van der Waals surface area contributed by atoms with Crippen molar-refractivity contribution in [3.8, 4) is 11.8 Å². The second kappa shape index (κ2) is 3.98. The van der Waals surface area contributed by atoms with Crippen LogP contribution in [0.2, 0.25) is 0 Å². The number of pyridine rings is 1. The van der Waals surface area contributed by atoms with E-state index in [4.69, 9.17) is 15.5 Å². The molecule has 0 bridgehead atoms.